The van der Waals surface area contributed by atoms with Crippen molar-refractivity contribution in [2.24, 2.45) is 0 Å². The molecular weight excluding hydrogens is 254 g/mol. The minimum absolute atomic E-state index is 0.690. The summed E-state index contributed by atoms with van der Waals surface area (Å²) in [6, 6.07) is 5.98. The SMILES string of the molecule is Cc1ncnc2cc(OCCN3CCOCC3)ccc12. The number of nitrogens with zero attached hydrogens (tertiary/aromatic N) is 3. The largest absolute Gasteiger partial charge is 0.492 e. The Morgan fingerprint density at radius 1 is 1.25 bits per heavy atom. The van der Waals surface area contributed by atoms with Crippen molar-refractivity contribution in [3.05, 3.63) is 30.2 Å². The second-order valence-corrected chi connectivity index (χ2v) is 4.94. The molecule has 1 saturated heterocycles. The average molecular weight is 273 g/mol. The van der Waals surface area contributed by atoms with Crippen LogP contribution in [0.1, 0.15) is 5.69 Å². The zero-order chi connectivity index (χ0) is 13.8. The van der Waals surface area contributed by atoms with Crippen molar-refractivity contribution >= 4 is 10.9 Å². The maximum absolute atomic E-state index is 5.81. The normalized spacial score (nSPS) is 16.4. The number of fused-ring (bicyclic) bond motifs is 1. The molecule has 0 unspecified atom stereocenters. The topological polar surface area (TPSA) is 47.5 Å². The quantitative estimate of drug-likeness (QED) is 0.847. The summed E-state index contributed by atoms with van der Waals surface area (Å²) in [6.07, 6.45) is 1.59. The van der Waals surface area contributed by atoms with Gasteiger partial charge >= 0.3 is 0 Å². The Kier molecular flexibility index (Phi) is 4.08. The molecule has 0 bridgehead atoms. The van der Waals surface area contributed by atoms with E-state index >= 15 is 0 Å². The first-order valence-corrected chi connectivity index (χ1v) is 6.97. The molecule has 0 aliphatic carbocycles. The van der Waals surface area contributed by atoms with Crippen LogP contribution in [0.4, 0.5) is 0 Å². The molecule has 0 spiro atoms. The number of morpholine rings is 1. The fourth-order valence-electron chi connectivity index (χ4n) is 2.38. The number of hydrogen-bond donors (Lipinski definition) is 0. The van der Waals surface area contributed by atoms with Crippen molar-refractivity contribution in [3.8, 4) is 5.75 Å². The van der Waals surface area contributed by atoms with Crippen LogP contribution in [-0.4, -0.2) is 54.3 Å². The first-order chi connectivity index (χ1) is 9.83. The molecule has 1 aromatic carbocycles. The molecule has 5 nitrogen and oxygen atoms in total. The Morgan fingerprint density at radius 3 is 2.95 bits per heavy atom. The number of aryl methyl sites for hydroxylation is 1. The van der Waals surface area contributed by atoms with Crippen LogP contribution in [0.2, 0.25) is 0 Å². The molecule has 1 aliphatic heterocycles. The van der Waals surface area contributed by atoms with Gasteiger partial charge in [0.2, 0.25) is 0 Å². The number of ether oxygens (including phenoxy) is 2. The Labute approximate surface area is 118 Å². The highest BCUT2D eigenvalue weighted by Crippen LogP contribution is 2.20. The predicted octanol–water partition coefficient (Wildman–Crippen LogP) is 1.65. The average Bonchev–Trinajstić information content (AvgIpc) is 2.48. The summed E-state index contributed by atoms with van der Waals surface area (Å²) in [5.74, 6) is 0.865. The molecule has 0 amide bonds. The maximum Gasteiger partial charge on any atom is 0.121 e. The molecule has 0 saturated carbocycles. The van der Waals surface area contributed by atoms with E-state index in [0.29, 0.717) is 6.61 Å². The molecule has 0 radical (unpaired) electrons. The second-order valence-electron chi connectivity index (χ2n) is 4.94. The lowest BCUT2D eigenvalue weighted by Crippen LogP contribution is -2.38. The molecule has 5 heteroatoms. The molecule has 2 heterocycles. The summed E-state index contributed by atoms with van der Waals surface area (Å²) in [4.78, 5) is 10.8. The summed E-state index contributed by atoms with van der Waals surface area (Å²) in [6.45, 7) is 7.25. The van der Waals surface area contributed by atoms with Crippen LogP contribution in [0.25, 0.3) is 10.9 Å². The smallest absolute Gasteiger partial charge is 0.121 e. The number of rotatable bonds is 4. The van der Waals surface area contributed by atoms with Crippen molar-refractivity contribution in [2.45, 2.75) is 6.92 Å². The van der Waals surface area contributed by atoms with E-state index in [0.717, 1.165) is 55.2 Å². The van der Waals surface area contributed by atoms with E-state index in [2.05, 4.69) is 14.9 Å². The Balaban J connectivity index is 1.60. The van der Waals surface area contributed by atoms with E-state index in [9.17, 15) is 0 Å². The van der Waals surface area contributed by atoms with Gasteiger partial charge in [-0.05, 0) is 19.1 Å². The summed E-state index contributed by atoms with van der Waals surface area (Å²) in [5, 5.41) is 1.08. The zero-order valence-electron chi connectivity index (χ0n) is 11.7. The first-order valence-electron chi connectivity index (χ1n) is 6.97. The standard InChI is InChI=1S/C15H19N3O2/c1-12-14-3-2-13(10-15(14)17-11-16-12)20-9-6-18-4-7-19-8-5-18/h2-3,10-11H,4-9H2,1H3. The van der Waals surface area contributed by atoms with Gasteiger partial charge in [0.15, 0.2) is 0 Å². The van der Waals surface area contributed by atoms with Crippen LogP contribution >= 0.6 is 0 Å². The molecule has 0 atom stereocenters. The lowest BCUT2D eigenvalue weighted by molar-refractivity contribution is 0.0322. The highest BCUT2D eigenvalue weighted by molar-refractivity contribution is 5.81. The third-order valence-electron chi connectivity index (χ3n) is 3.59. The highest BCUT2D eigenvalue weighted by Gasteiger charge is 2.10. The van der Waals surface area contributed by atoms with Gasteiger partial charge in [0.25, 0.3) is 0 Å². The zero-order valence-corrected chi connectivity index (χ0v) is 11.7. The van der Waals surface area contributed by atoms with Crippen LogP contribution in [0, 0.1) is 6.92 Å². The Morgan fingerprint density at radius 2 is 2.10 bits per heavy atom. The van der Waals surface area contributed by atoms with E-state index < -0.39 is 0 Å². The molecule has 1 fully saturated rings. The fraction of sp³-hybridized carbons (Fsp3) is 0.467. The van der Waals surface area contributed by atoms with E-state index in [1.807, 2.05) is 25.1 Å². The lowest BCUT2D eigenvalue weighted by atomic mass is 10.2. The van der Waals surface area contributed by atoms with Crippen molar-refractivity contribution in [1.82, 2.24) is 14.9 Å². The van der Waals surface area contributed by atoms with Gasteiger partial charge in [-0.2, -0.15) is 0 Å². The van der Waals surface area contributed by atoms with Crippen LogP contribution in [0.3, 0.4) is 0 Å². The van der Waals surface area contributed by atoms with E-state index in [-0.39, 0.29) is 0 Å². The molecule has 1 aliphatic rings. The third-order valence-corrected chi connectivity index (χ3v) is 3.59. The van der Waals surface area contributed by atoms with Crippen LogP contribution in [0.15, 0.2) is 24.5 Å². The maximum atomic E-state index is 5.81. The van der Waals surface area contributed by atoms with Crippen LogP contribution < -0.4 is 4.74 Å². The summed E-state index contributed by atoms with van der Waals surface area (Å²) in [7, 11) is 0. The molecule has 3 rings (SSSR count). The van der Waals surface area contributed by atoms with Gasteiger partial charge in [0.05, 0.1) is 18.7 Å². The molecule has 0 N–H and O–H groups in total. The van der Waals surface area contributed by atoms with Gasteiger partial charge < -0.3 is 9.47 Å². The van der Waals surface area contributed by atoms with Crippen molar-refractivity contribution in [3.63, 3.8) is 0 Å². The monoisotopic (exact) mass is 273 g/mol. The molecule has 2 aromatic rings. The van der Waals surface area contributed by atoms with Gasteiger partial charge in [-0.25, -0.2) is 9.97 Å². The van der Waals surface area contributed by atoms with Gasteiger partial charge in [0, 0.05) is 36.8 Å². The van der Waals surface area contributed by atoms with Gasteiger partial charge in [-0.3, -0.25) is 4.90 Å². The van der Waals surface area contributed by atoms with Crippen LogP contribution in [-0.2, 0) is 4.74 Å². The Bertz CT molecular complexity index is 582. The minimum atomic E-state index is 0.690. The van der Waals surface area contributed by atoms with Gasteiger partial charge in [0.1, 0.15) is 18.7 Å². The van der Waals surface area contributed by atoms with E-state index in [1.54, 1.807) is 6.33 Å². The number of aromatic nitrogens is 2. The fourth-order valence-corrected chi connectivity index (χ4v) is 2.38. The van der Waals surface area contributed by atoms with E-state index in [4.69, 9.17) is 9.47 Å². The number of benzene rings is 1. The number of hydrogen-bond acceptors (Lipinski definition) is 5. The van der Waals surface area contributed by atoms with Crippen molar-refractivity contribution < 1.29 is 9.47 Å². The summed E-state index contributed by atoms with van der Waals surface area (Å²) < 4.78 is 11.1. The van der Waals surface area contributed by atoms with Crippen molar-refractivity contribution in [1.29, 1.82) is 0 Å². The molecule has 106 valence electrons. The Hall–Kier alpha value is -1.72. The van der Waals surface area contributed by atoms with Crippen LogP contribution in [0.5, 0.6) is 5.75 Å². The second kappa shape index (κ2) is 6.15. The first kappa shape index (κ1) is 13.3. The predicted molar refractivity (Wildman–Crippen MR) is 77.0 cm³/mol. The van der Waals surface area contributed by atoms with Gasteiger partial charge in [-0.15, -0.1) is 0 Å². The van der Waals surface area contributed by atoms with E-state index in [1.165, 1.54) is 0 Å². The third kappa shape index (κ3) is 3.05. The molecular formula is C15H19N3O2. The van der Waals surface area contributed by atoms with Crippen molar-refractivity contribution in [2.75, 3.05) is 39.5 Å². The lowest BCUT2D eigenvalue weighted by Gasteiger charge is -2.26. The molecule has 1 aromatic heterocycles. The summed E-state index contributed by atoms with van der Waals surface area (Å²) in [5.41, 5.74) is 1.93. The molecule has 20 heavy (non-hydrogen) atoms. The summed E-state index contributed by atoms with van der Waals surface area (Å²) >= 11 is 0. The highest BCUT2D eigenvalue weighted by atomic mass is 16.5. The minimum Gasteiger partial charge on any atom is -0.492 e. The van der Waals surface area contributed by atoms with Gasteiger partial charge in [-0.1, -0.05) is 0 Å².